The van der Waals surface area contributed by atoms with Gasteiger partial charge in [-0.05, 0) is 56.7 Å². The molecule has 1 heterocycles. The maximum Gasteiger partial charge on any atom is 0.338 e. The molecule has 2 aromatic rings. The fraction of sp³-hybridized carbons (Fsp3) is 0.333. The lowest BCUT2D eigenvalue weighted by atomic mass is 10.2. The first kappa shape index (κ1) is 18.4. The van der Waals surface area contributed by atoms with E-state index < -0.39 is 0 Å². The Hall–Kier alpha value is -2.96. The number of amides is 1. The number of benzene rings is 1. The van der Waals surface area contributed by atoms with E-state index in [-0.39, 0.29) is 23.6 Å². The lowest BCUT2D eigenvalue weighted by Crippen LogP contribution is -2.32. The first-order valence-electron chi connectivity index (χ1n) is 8.22. The Morgan fingerprint density at radius 1 is 1.08 bits per heavy atom. The standard InChI is InChI=1S/C18H22N4O3/c1-4-12(3)19-17(23)15-10-11-16(22-21-15)20-14-8-6-13(7-9-14)18(24)25-5-2/h6-12H,4-5H2,1-3H3,(H,19,23)(H,20,22). The Bertz CT molecular complexity index is 714. The number of carbonyl (C=O) groups is 2. The van der Waals surface area contributed by atoms with Crippen molar-refractivity contribution in [3.8, 4) is 0 Å². The Morgan fingerprint density at radius 3 is 2.36 bits per heavy atom. The molecule has 1 atom stereocenters. The Labute approximate surface area is 146 Å². The van der Waals surface area contributed by atoms with Crippen molar-refractivity contribution in [1.29, 1.82) is 0 Å². The van der Waals surface area contributed by atoms with Crippen LogP contribution in [-0.4, -0.2) is 34.7 Å². The molecule has 0 bridgehead atoms. The van der Waals surface area contributed by atoms with E-state index in [0.29, 0.717) is 18.0 Å². The number of nitrogens with zero attached hydrogens (tertiary/aromatic N) is 2. The summed E-state index contributed by atoms with van der Waals surface area (Å²) in [6.45, 7) is 6.03. The van der Waals surface area contributed by atoms with Crippen molar-refractivity contribution in [2.24, 2.45) is 0 Å². The molecule has 1 aromatic carbocycles. The highest BCUT2D eigenvalue weighted by Crippen LogP contribution is 2.15. The summed E-state index contributed by atoms with van der Waals surface area (Å²) in [5, 5.41) is 13.8. The van der Waals surface area contributed by atoms with Gasteiger partial charge in [-0.15, -0.1) is 10.2 Å². The van der Waals surface area contributed by atoms with E-state index in [9.17, 15) is 9.59 Å². The predicted octanol–water partition coefficient (Wildman–Crippen LogP) is 2.93. The van der Waals surface area contributed by atoms with Crippen LogP contribution in [0, 0.1) is 0 Å². The maximum absolute atomic E-state index is 12.0. The Morgan fingerprint density at radius 2 is 1.80 bits per heavy atom. The zero-order chi connectivity index (χ0) is 18.2. The molecule has 25 heavy (non-hydrogen) atoms. The van der Waals surface area contributed by atoms with Crippen LogP contribution >= 0.6 is 0 Å². The Kier molecular flexibility index (Phi) is 6.45. The first-order chi connectivity index (χ1) is 12.0. The SMILES string of the molecule is CCOC(=O)c1ccc(Nc2ccc(C(=O)NC(C)CC)nn2)cc1. The van der Waals surface area contributed by atoms with E-state index in [1.54, 1.807) is 43.3 Å². The van der Waals surface area contributed by atoms with E-state index in [1.165, 1.54) is 0 Å². The minimum Gasteiger partial charge on any atom is -0.462 e. The highest BCUT2D eigenvalue weighted by molar-refractivity contribution is 5.92. The molecule has 1 amide bonds. The quantitative estimate of drug-likeness (QED) is 0.752. The number of carbonyl (C=O) groups excluding carboxylic acids is 2. The van der Waals surface area contributed by atoms with Crippen LogP contribution in [0.25, 0.3) is 0 Å². The number of nitrogens with one attached hydrogen (secondary N) is 2. The highest BCUT2D eigenvalue weighted by Gasteiger charge is 2.11. The molecule has 0 aliphatic rings. The average molecular weight is 342 g/mol. The second kappa shape index (κ2) is 8.77. The molecule has 0 fully saturated rings. The number of rotatable bonds is 7. The smallest absolute Gasteiger partial charge is 0.338 e. The van der Waals surface area contributed by atoms with Crippen molar-refractivity contribution < 1.29 is 14.3 Å². The molecule has 2 rings (SSSR count). The van der Waals surface area contributed by atoms with Gasteiger partial charge in [0, 0.05) is 11.7 Å². The Balaban J connectivity index is 1.99. The minimum atomic E-state index is -0.356. The van der Waals surface area contributed by atoms with Crippen molar-refractivity contribution in [1.82, 2.24) is 15.5 Å². The molecule has 0 aliphatic heterocycles. The molecule has 1 aromatic heterocycles. The van der Waals surface area contributed by atoms with Crippen LogP contribution < -0.4 is 10.6 Å². The van der Waals surface area contributed by atoms with Crippen LogP contribution in [-0.2, 0) is 4.74 Å². The summed E-state index contributed by atoms with van der Waals surface area (Å²) in [5.41, 5.74) is 1.50. The van der Waals surface area contributed by atoms with Crippen LogP contribution in [0.5, 0.6) is 0 Å². The van der Waals surface area contributed by atoms with Gasteiger partial charge in [0.05, 0.1) is 12.2 Å². The van der Waals surface area contributed by atoms with Crippen LogP contribution in [0.15, 0.2) is 36.4 Å². The van der Waals surface area contributed by atoms with Gasteiger partial charge in [0.25, 0.3) is 5.91 Å². The van der Waals surface area contributed by atoms with Gasteiger partial charge in [0.15, 0.2) is 11.5 Å². The van der Waals surface area contributed by atoms with Crippen LogP contribution in [0.1, 0.15) is 48.0 Å². The van der Waals surface area contributed by atoms with Crippen molar-refractivity contribution in [3.63, 3.8) is 0 Å². The summed E-state index contributed by atoms with van der Waals surface area (Å²) < 4.78 is 4.94. The van der Waals surface area contributed by atoms with Gasteiger partial charge in [-0.1, -0.05) is 6.92 Å². The highest BCUT2D eigenvalue weighted by atomic mass is 16.5. The molecule has 0 spiro atoms. The zero-order valence-electron chi connectivity index (χ0n) is 14.6. The summed E-state index contributed by atoms with van der Waals surface area (Å²) in [6.07, 6.45) is 0.848. The van der Waals surface area contributed by atoms with Crippen LogP contribution in [0.3, 0.4) is 0 Å². The number of ether oxygens (including phenoxy) is 1. The lowest BCUT2D eigenvalue weighted by Gasteiger charge is -2.11. The first-order valence-corrected chi connectivity index (χ1v) is 8.22. The summed E-state index contributed by atoms with van der Waals surface area (Å²) in [6, 6.07) is 10.2. The second-order valence-electron chi connectivity index (χ2n) is 5.51. The van der Waals surface area contributed by atoms with Gasteiger partial charge >= 0.3 is 5.97 Å². The fourth-order valence-corrected chi connectivity index (χ4v) is 1.97. The topological polar surface area (TPSA) is 93.2 Å². The fourth-order valence-electron chi connectivity index (χ4n) is 1.97. The maximum atomic E-state index is 12.0. The van der Waals surface area contributed by atoms with Crippen molar-refractivity contribution in [2.75, 3.05) is 11.9 Å². The molecule has 132 valence electrons. The summed E-state index contributed by atoms with van der Waals surface area (Å²) in [5.74, 6) is -0.0957. The molecule has 0 radical (unpaired) electrons. The number of anilines is 2. The number of esters is 1. The lowest BCUT2D eigenvalue weighted by molar-refractivity contribution is 0.0526. The predicted molar refractivity (Wildman–Crippen MR) is 94.9 cm³/mol. The summed E-state index contributed by atoms with van der Waals surface area (Å²) in [4.78, 5) is 23.6. The van der Waals surface area contributed by atoms with E-state index in [1.807, 2.05) is 13.8 Å². The molecule has 0 aliphatic carbocycles. The minimum absolute atomic E-state index is 0.0880. The third-order valence-corrected chi connectivity index (χ3v) is 3.56. The second-order valence-corrected chi connectivity index (χ2v) is 5.51. The van der Waals surface area contributed by atoms with Gasteiger partial charge in [0.1, 0.15) is 0 Å². The van der Waals surface area contributed by atoms with Crippen LogP contribution in [0.4, 0.5) is 11.5 Å². The molecule has 7 heteroatoms. The number of hydrogen-bond donors (Lipinski definition) is 2. The molecular weight excluding hydrogens is 320 g/mol. The van der Waals surface area contributed by atoms with E-state index in [4.69, 9.17) is 4.74 Å². The average Bonchev–Trinajstić information content (AvgIpc) is 2.63. The molecule has 0 saturated heterocycles. The molecular formula is C18H22N4O3. The third-order valence-electron chi connectivity index (χ3n) is 3.56. The normalized spacial score (nSPS) is 11.5. The van der Waals surface area contributed by atoms with E-state index in [2.05, 4.69) is 20.8 Å². The monoisotopic (exact) mass is 342 g/mol. The zero-order valence-corrected chi connectivity index (χ0v) is 14.6. The summed E-state index contributed by atoms with van der Waals surface area (Å²) >= 11 is 0. The number of aromatic nitrogens is 2. The van der Waals surface area contributed by atoms with Gasteiger partial charge in [-0.2, -0.15) is 0 Å². The van der Waals surface area contributed by atoms with Gasteiger partial charge in [0.2, 0.25) is 0 Å². The molecule has 2 N–H and O–H groups in total. The van der Waals surface area contributed by atoms with Crippen molar-refractivity contribution in [3.05, 3.63) is 47.7 Å². The van der Waals surface area contributed by atoms with E-state index >= 15 is 0 Å². The number of hydrogen-bond acceptors (Lipinski definition) is 6. The van der Waals surface area contributed by atoms with Crippen LogP contribution in [0.2, 0.25) is 0 Å². The van der Waals surface area contributed by atoms with Gasteiger partial charge in [-0.25, -0.2) is 4.79 Å². The third kappa shape index (κ3) is 5.27. The van der Waals surface area contributed by atoms with Gasteiger partial charge < -0.3 is 15.4 Å². The van der Waals surface area contributed by atoms with Crippen molar-refractivity contribution in [2.45, 2.75) is 33.2 Å². The van der Waals surface area contributed by atoms with Crippen molar-refractivity contribution >= 4 is 23.4 Å². The largest absolute Gasteiger partial charge is 0.462 e. The van der Waals surface area contributed by atoms with E-state index in [0.717, 1.165) is 12.1 Å². The molecule has 7 nitrogen and oxygen atoms in total. The molecule has 1 unspecified atom stereocenters. The molecule has 0 saturated carbocycles. The van der Waals surface area contributed by atoms with Gasteiger partial charge in [-0.3, -0.25) is 4.79 Å². The summed E-state index contributed by atoms with van der Waals surface area (Å²) in [7, 11) is 0.